The highest BCUT2D eigenvalue weighted by Crippen LogP contribution is 2.26. The highest BCUT2D eigenvalue weighted by atomic mass is 35.5. The highest BCUT2D eigenvalue weighted by Gasteiger charge is 2.20. The summed E-state index contributed by atoms with van der Waals surface area (Å²) in [6.45, 7) is -0.936. The van der Waals surface area contributed by atoms with Gasteiger partial charge in [-0.05, 0) is 17.7 Å². The Morgan fingerprint density at radius 2 is 2.06 bits per heavy atom. The zero-order valence-corrected chi connectivity index (χ0v) is 10.7. The number of rotatable bonds is 3. The van der Waals surface area contributed by atoms with Gasteiger partial charge in [-0.3, -0.25) is 0 Å². The van der Waals surface area contributed by atoms with Gasteiger partial charge in [0.25, 0.3) is 0 Å². The lowest BCUT2D eigenvalue weighted by molar-refractivity contribution is 0.0598. The Morgan fingerprint density at radius 1 is 1.47 bits per heavy atom. The summed E-state index contributed by atoms with van der Waals surface area (Å²) in [6, 6.07) is 2.14. The molecule has 0 aliphatic carbocycles. The van der Waals surface area contributed by atoms with E-state index in [1.165, 1.54) is 0 Å². The van der Waals surface area contributed by atoms with Gasteiger partial charge in [-0.25, -0.2) is 17.6 Å². The molecule has 0 unspecified atom stereocenters. The van der Waals surface area contributed by atoms with Crippen molar-refractivity contribution in [1.29, 1.82) is 0 Å². The fourth-order valence-electron chi connectivity index (χ4n) is 1.29. The summed E-state index contributed by atoms with van der Waals surface area (Å²) in [4.78, 5) is 11.1. The van der Waals surface area contributed by atoms with Gasteiger partial charge in [-0.15, -0.1) is 0 Å². The largest absolute Gasteiger partial charge is 0.465 e. The standard InChI is InChI=1S/C10H10ClFO4S/c1-16-10(13)7-4-9(17(2,14)15)8(11)3-6(7)5-12/h3-4H,5H2,1-2H3. The molecule has 17 heavy (non-hydrogen) atoms. The Balaban J connectivity index is 3.54. The first-order chi connectivity index (χ1) is 7.81. The summed E-state index contributed by atoms with van der Waals surface area (Å²) in [5.74, 6) is -0.806. The van der Waals surface area contributed by atoms with Gasteiger partial charge in [-0.1, -0.05) is 11.6 Å². The van der Waals surface area contributed by atoms with Crippen LogP contribution in [-0.4, -0.2) is 27.8 Å². The maximum absolute atomic E-state index is 12.7. The minimum atomic E-state index is -3.58. The number of alkyl halides is 1. The number of carbonyl (C=O) groups excluding carboxylic acids is 1. The van der Waals surface area contributed by atoms with Crippen LogP contribution in [0.2, 0.25) is 5.02 Å². The topological polar surface area (TPSA) is 60.4 Å². The fraction of sp³-hybridized carbons (Fsp3) is 0.300. The minimum Gasteiger partial charge on any atom is -0.465 e. The number of halogens is 2. The summed E-state index contributed by atoms with van der Waals surface area (Å²) < 4.78 is 39.9. The quantitative estimate of drug-likeness (QED) is 0.795. The number of methoxy groups -OCH3 is 1. The summed E-state index contributed by atoms with van der Waals surface area (Å²) in [5, 5.41) is -0.118. The molecule has 0 aliphatic rings. The van der Waals surface area contributed by atoms with Gasteiger partial charge in [0.1, 0.15) is 6.67 Å². The van der Waals surface area contributed by atoms with Crippen molar-refractivity contribution < 1.29 is 22.3 Å². The lowest BCUT2D eigenvalue weighted by atomic mass is 10.1. The SMILES string of the molecule is COC(=O)c1cc(S(C)(=O)=O)c(Cl)cc1CF. The van der Waals surface area contributed by atoms with E-state index < -0.39 is 22.5 Å². The predicted molar refractivity (Wildman–Crippen MR) is 60.7 cm³/mol. The molecular formula is C10H10ClFO4S. The van der Waals surface area contributed by atoms with Crippen LogP contribution >= 0.6 is 11.6 Å². The van der Waals surface area contributed by atoms with Crippen molar-refractivity contribution >= 4 is 27.4 Å². The Hall–Kier alpha value is -1.14. The Labute approximate surface area is 103 Å². The van der Waals surface area contributed by atoms with E-state index in [0.717, 1.165) is 25.5 Å². The van der Waals surface area contributed by atoms with E-state index in [2.05, 4.69) is 4.74 Å². The molecule has 0 saturated carbocycles. The molecule has 0 fully saturated rings. The van der Waals surface area contributed by atoms with Crippen LogP contribution in [0.5, 0.6) is 0 Å². The smallest absolute Gasteiger partial charge is 0.338 e. The normalized spacial score (nSPS) is 11.3. The van der Waals surface area contributed by atoms with E-state index in [0.29, 0.717) is 0 Å². The molecule has 0 N–H and O–H groups in total. The number of benzene rings is 1. The van der Waals surface area contributed by atoms with Crippen LogP contribution in [0.4, 0.5) is 4.39 Å². The number of ether oxygens (including phenoxy) is 1. The zero-order valence-electron chi connectivity index (χ0n) is 9.16. The molecule has 0 aromatic heterocycles. The molecule has 0 atom stereocenters. The third kappa shape index (κ3) is 2.95. The monoisotopic (exact) mass is 280 g/mol. The van der Waals surface area contributed by atoms with E-state index in [-0.39, 0.29) is 21.0 Å². The van der Waals surface area contributed by atoms with Gasteiger partial charge in [0.2, 0.25) is 0 Å². The number of hydrogen-bond donors (Lipinski definition) is 0. The number of sulfone groups is 1. The van der Waals surface area contributed by atoms with Crippen molar-refractivity contribution in [2.24, 2.45) is 0 Å². The molecule has 0 amide bonds. The third-order valence-corrected chi connectivity index (χ3v) is 3.67. The molecular weight excluding hydrogens is 271 g/mol. The lowest BCUT2D eigenvalue weighted by Crippen LogP contribution is -2.08. The first kappa shape index (κ1) is 13.9. The van der Waals surface area contributed by atoms with Crippen molar-refractivity contribution in [2.75, 3.05) is 13.4 Å². The van der Waals surface area contributed by atoms with Gasteiger partial charge in [0.15, 0.2) is 9.84 Å². The molecule has 0 heterocycles. The van der Waals surface area contributed by atoms with Crippen molar-refractivity contribution in [3.8, 4) is 0 Å². The molecule has 94 valence electrons. The van der Waals surface area contributed by atoms with Gasteiger partial charge < -0.3 is 4.74 Å². The van der Waals surface area contributed by atoms with Crippen LogP contribution < -0.4 is 0 Å². The van der Waals surface area contributed by atoms with Crippen LogP contribution in [0, 0.1) is 0 Å². The van der Waals surface area contributed by atoms with E-state index >= 15 is 0 Å². The molecule has 1 aromatic carbocycles. The van der Waals surface area contributed by atoms with Crippen LogP contribution in [0.3, 0.4) is 0 Å². The average molecular weight is 281 g/mol. The number of hydrogen-bond acceptors (Lipinski definition) is 4. The molecule has 0 spiro atoms. The summed E-state index contributed by atoms with van der Waals surface area (Å²) in [6.07, 6.45) is 0.949. The van der Waals surface area contributed by atoms with Gasteiger partial charge in [-0.2, -0.15) is 0 Å². The third-order valence-electron chi connectivity index (χ3n) is 2.11. The average Bonchev–Trinajstić information content (AvgIpc) is 2.25. The predicted octanol–water partition coefficient (Wildman–Crippen LogP) is 2.00. The zero-order chi connectivity index (χ0) is 13.2. The maximum Gasteiger partial charge on any atom is 0.338 e. The second-order valence-electron chi connectivity index (χ2n) is 3.34. The van der Waals surface area contributed by atoms with Gasteiger partial charge >= 0.3 is 5.97 Å². The van der Waals surface area contributed by atoms with Crippen LogP contribution in [-0.2, 0) is 21.2 Å². The first-order valence-electron chi connectivity index (χ1n) is 4.48. The fourth-order valence-corrected chi connectivity index (χ4v) is 2.64. The lowest BCUT2D eigenvalue weighted by Gasteiger charge is -2.09. The van der Waals surface area contributed by atoms with Crippen molar-refractivity contribution in [3.05, 3.63) is 28.3 Å². The molecule has 0 aliphatic heterocycles. The Morgan fingerprint density at radius 3 is 2.47 bits per heavy atom. The maximum atomic E-state index is 12.7. The summed E-state index contributed by atoms with van der Waals surface area (Å²) in [7, 11) is -2.46. The van der Waals surface area contributed by atoms with E-state index in [9.17, 15) is 17.6 Å². The second kappa shape index (κ2) is 5.01. The summed E-state index contributed by atoms with van der Waals surface area (Å²) in [5.41, 5.74) is -0.144. The van der Waals surface area contributed by atoms with Crippen molar-refractivity contribution in [3.63, 3.8) is 0 Å². The molecule has 0 bridgehead atoms. The molecule has 7 heteroatoms. The van der Waals surface area contributed by atoms with Crippen molar-refractivity contribution in [2.45, 2.75) is 11.6 Å². The van der Waals surface area contributed by atoms with Crippen LogP contribution in [0.25, 0.3) is 0 Å². The minimum absolute atomic E-state index is 0.00532. The Bertz CT molecular complexity index is 554. The van der Waals surface area contributed by atoms with Crippen LogP contribution in [0.1, 0.15) is 15.9 Å². The number of esters is 1. The Kier molecular flexibility index (Phi) is 4.11. The van der Waals surface area contributed by atoms with Crippen molar-refractivity contribution in [1.82, 2.24) is 0 Å². The molecule has 0 saturated heterocycles. The van der Waals surface area contributed by atoms with Gasteiger partial charge in [0.05, 0.1) is 22.6 Å². The molecule has 1 rings (SSSR count). The van der Waals surface area contributed by atoms with Crippen LogP contribution in [0.15, 0.2) is 17.0 Å². The van der Waals surface area contributed by atoms with E-state index in [1.54, 1.807) is 0 Å². The molecule has 4 nitrogen and oxygen atoms in total. The van der Waals surface area contributed by atoms with Gasteiger partial charge in [0, 0.05) is 6.26 Å². The molecule has 0 radical (unpaired) electrons. The van der Waals surface area contributed by atoms with E-state index in [4.69, 9.17) is 11.6 Å². The highest BCUT2D eigenvalue weighted by molar-refractivity contribution is 7.90. The van der Waals surface area contributed by atoms with E-state index in [1.807, 2.05) is 0 Å². The first-order valence-corrected chi connectivity index (χ1v) is 6.75. The molecule has 1 aromatic rings. The second-order valence-corrected chi connectivity index (χ2v) is 5.73. The number of carbonyl (C=O) groups is 1. The summed E-state index contributed by atoms with van der Waals surface area (Å²) >= 11 is 5.71.